The van der Waals surface area contributed by atoms with Crippen LogP contribution in [0, 0.1) is 5.92 Å². The van der Waals surface area contributed by atoms with Crippen molar-refractivity contribution < 1.29 is 19.0 Å². The normalized spacial score (nSPS) is 17.6. The zero-order chi connectivity index (χ0) is 25.8. The molecule has 192 valence electrons. The van der Waals surface area contributed by atoms with Gasteiger partial charge in [0, 0.05) is 36.2 Å². The van der Waals surface area contributed by atoms with E-state index in [1.54, 1.807) is 32.5 Å². The molecule has 0 radical (unpaired) electrons. The molecule has 0 unspecified atom stereocenters. The van der Waals surface area contributed by atoms with Gasteiger partial charge in [0.25, 0.3) is 5.56 Å². The van der Waals surface area contributed by atoms with Crippen LogP contribution in [0.2, 0.25) is 0 Å². The lowest BCUT2D eigenvalue weighted by atomic mass is 9.85. The summed E-state index contributed by atoms with van der Waals surface area (Å²) in [6.07, 6.45) is 4.86. The number of rotatable bonds is 8. The van der Waals surface area contributed by atoms with Gasteiger partial charge in [-0.3, -0.25) is 9.59 Å². The van der Waals surface area contributed by atoms with Crippen LogP contribution in [-0.4, -0.2) is 54.3 Å². The van der Waals surface area contributed by atoms with Crippen LogP contribution in [0.3, 0.4) is 0 Å². The number of aromatic nitrogens is 3. The number of carbonyl (C=O) groups is 1. The van der Waals surface area contributed by atoms with E-state index in [0.717, 1.165) is 25.7 Å². The molecule has 0 atom stereocenters. The molecule has 0 spiro atoms. The van der Waals surface area contributed by atoms with Crippen molar-refractivity contribution in [2.75, 3.05) is 26.6 Å². The summed E-state index contributed by atoms with van der Waals surface area (Å²) in [5.41, 5.74) is 1.29. The minimum absolute atomic E-state index is 0.0248. The number of carbonyl (C=O) groups excluding carboxylic acids is 1. The first kappa shape index (κ1) is 25.3. The van der Waals surface area contributed by atoms with Crippen LogP contribution < -0.4 is 30.4 Å². The zero-order valence-electron chi connectivity index (χ0n) is 21.3. The van der Waals surface area contributed by atoms with E-state index in [1.165, 1.54) is 7.11 Å². The number of hydrogen-bond donors (Lipinski definition) is 3. The minimum Gasteiger partial charge on any atom is -0.497 e. The second-order valence-corrected chi connectivity index (χ2v) is 9.27. The molecule has 0 bridgehead atoms. The van der Waals surface area contributed by atoms with E-state index in [-0.39, 0.29) is 29.5 Å². The van der Waals surface area contributed by atoms with Gasteiger partial charge in [0.1, 0.15) is 28.3 Å². The smallest absolute Gasteiger partial charge is 0.262 e. The Morgan fingerprint density at radius 2 is 1.75 bits per heavy atom. The lowest BCUT2D eigenvalue weighted by Gasteiger charge is -2.30. The van der Waals surface area contributed by atoms with Gasteiger partial charge in [-0.05, 0) is 39.5 Å². The van der Waals surface area contributed by atoms with Crippen molar-refractivity contribution in [2.45, 2.75) is 51.6 Å². The van der Waals surface area contributed by atoms with Crippen molar-refractivity contribution in [3.05, 3.63) is 34.7 Å². The average molecular weight is 496 g/mol. The Labute approximate surface area is 209 Å². The highest BCUT2D eigenvalue weighted by molar-refractivity contribution is 5.87. The van der Waals surface area contributed by atoms with Crippen LogP contribution in [0.5, 0.6) is 17.2 Å². The first-order valence-electron chi connectivity index (χ1n) is 12.1. The second-order valence-electron chi connectivity index (χ2n) is 9.27. The Bertz CT molecular complexity index is 1300. The molecule has 1 aliphatic rings. The third-order valence-electron chi connectivity index (χ3n) is 6.41. The number of nitrogens with zero attached hydrogens (tertiary/aromatic N) is 2. The fourth-order valence-corrected chi connectivity index (χ4v) is 4.58. The number of benzene rings is 1. The summed E-state index contributed by atoms with van der Waals surface area (Å²) >= 11 is 0. The Morgan fingerprint density at radius 3 is 2.39 bits per heavy atom. The summed E-state index contributed by atoms with van der Waals surface area (Å²) in [5.74, 6) is 1.95. The molecule has 1 fully saturated rings. The Kier molecular flexibility index (Phi) is 7.61. The van der Waals surface area contributed by atoms with E-state index < -0.39 is 0 Å². The molecular weight excluding hydrogens is 462 g/mol. The molecular formula is C26H33N5O5. The molecule has 1 aromatic carbocycles. The largest absolute Gasteiger partial charge is 0.497 e. The summed E-state index contributed by atoms with van der Waals surface area (Å²) in [4.78, 5) is 37.5. The maximum absolute atomic E-state index is 13.0. The lowest BCUT2D eigenvalue weighted by Crippen LogP contribution is -2.38. The maximum Gasteiger partial charge on any atom is 0.262 e. The summed E-state index contributed by atoms with van der Waals surface area (Å²) in [6, 6.07) is 5.46. The van der Waals surface area contributed by atoms with Gasteiger partial charge in [0.15, 0.2) is 5.82 Å². The van der Waals surface area contributed by atoms with Gasteiger partial charge in [-0.2, -0.15) is 0 Å². The number of methoxy groups -OCH3 is 3. The van der Waals surface area contributed by atoms with Crippen molar-refractivity contribution in [2.24, 2.45) is 5.92 Å². The third-order valence-corrected chi connectivity index (χ3v) is 6.41. The number of ether oxygens (including phenoxy) is 3. The van der Waals surface area contributed by atoms with E-state index in [9.17, 15) is 9.59 Å². The number of fused-ring (bicyclic) bond motifs is 1. The number of pyridine rings is 1. The molecule has 36 heavy (non-hydrogen) atoms. The van der Waals surface area contributed by atoms with Crippen molar-refractivity contribution in [1.29, 1.82) is 0 Å². The SMILES string of the molecule is COc1cnc(-c2nc3cc(OC)cc(OC)c3c(=O)[nH]2)c(NC2CCC(C(=O)NC(C)C)CC2)c1. The molecule has 0 aliphatic heterocycles. The van der Waals surface area contributed by atoms with Crippen molar-refractivity contribution >= 4 is 22.5 Å². The van der Waals surface area contributed by atoms with Crippen LogP contribution in [0.4, 0.5) is 5.69 Å². The molecule has 1 saturated carbocycles. The first-order chi connectivity index (χ1) is 17.3. The fraction of sp³-hybridized carbons (Fsp3) is 0.462. The van der Waals surface area contributed by atoms with Gasteiger partial charge in [0.05, 0.1) is 38.7 Å². The molecule has 10 heteroatoms. The fourth-order valence-electron chi connectivity index (χ4n) is 4.58. The van der Waals surface area contributed by atoms with Gasteiger partial charge >= 0.3 is 0 Å². The number of anilines is 1. The Hall–Kier alpha value is -3.82. The number of aromatic amines is 1. The molecule has 1 amide bonds. The molecule has 0 saturated heterocycles. The van der Waals surface area contributed by atoms with Crippen molar-refractivity contribution in [3.8, 4) is 28.8 Å². The summed E-state index contributed by atoms with van der Waals surface area (Å²) < 4.78 is 16.1. The lowest BCUT2D eigenvalue weighted by molar-refractivity contribution is -0.126. The number of nitrogens with one attached hydrogen (secondary N) is 3. The number of amides is 1. The van der Waals surface area contributed by atoms with Crippen molar-refractivity contribution in [1.82, 2.24) is 20.3 Å². The van der Waals surface area contributed by atoms with Crippen LogP contribution in [0.15, 0.2) is 29.2 Å². The predicted molar refractivity (Wildman–Crippen MR) is 138 cm³/mol. The summed E-state index contributed by atoms with van der Waals surface area (Å²) in [6.45, 7) is 3.94. The van der Waals surface area contributed by atoms with E-state index in [1.807, 2.05) is 19.9 Å². The van der Waals surface area contributed by atoms with E-state index in [0.29, 0.717) is 45.4 Å². The predicted octanol–water partition coefficient (Wildman–Crippen LogP) is 3.51. The van der Waals surface area contributed by atoms with Crippen LogP contribution in [0.1, 0.15) is 39.5 Å². The van der Waals surface area contributed by atoms with Crippen molar-refractivity contribution in [3.63, 3.8) is 0 Å². The zero-order valence-corrected chi connectivity index (χ0v) is 21.3. The molecule has 3 aromatic rings. The topological polar surface area (TPSA) is 127 Å². The third kappa shape index (κ3) is 5.37. The van der Waals surface area contributed by atoms with Gasteiger partial charge in [-0.15, -0.1) is 0 Å². The van der Waals surface area contributed by atoms with Gasteiger partial charge in [-0.25, -0.2) is 9.97 Å². The van der Waals surface area contributed by atoms with Gasteiger partial charge < -0.3 is 29.8 Å². The number of H-pyrrole nitrogens is 1. The summed E-state index contributed by atoms with van der Waals surface area (Å²) in [5, 5.41) is 6.90. The van der Waals surface area contributed by atoms with Gasteiger partial charge in [0.2, 0.25) is 5.91 Å². The summed E-state index contributed by atoms with van der Waals surface area (Å²) in [7, 11) is 4.62. The molecule has 3 N–H and O–H groups in total. The van der Waals surface area contributed by atoms with E-state index in [2.05, 4.69) is 25.6 Å². The molecule has 4 rings (SSSR count). The second kappa shape index (κ2) is 10.8. The first-order valence-corrected chi connectivity index (χ1v) is 12.1. The molecule has 2 heterocycles. The van der Waals surface area contributed by atoms with Crippen LogP contribution >= 0.6 is 0 Å². The highest BCUT2D eigenvalue weighted by atomic mass is 16.5. The highest BCUT2D eigenvalue weighted by Gasteiger charge is 2.27. The quantitative estimate of drug-likeness (QED) is 0.433. The minimum atomic E-state index is -0.338. The van der Waals surface area contributed by atoms with Crippen LogP contribution in [-0.2, 0) is 4.79 Å². The number of hydrogen-bond acceptors (Lipinski definition) is 8. The maximum atomic E-state index is 13.0. The highest BCUT2D eigenvalue weighted by Crippen LogP contribution is 2.33. The molecule has 10 nitrogen and oxygen atoms in total. The van der Waals surface area contributed by atoms with Gasteiger partial charge in [-0.1, -0.05) is 0 Å². The Morgan fingerprint density at radius 1 is 1.03 bits per heavy atom. The molecule has 1 aliphatic carbocycles. The van der Waals surface area contributed by atoms with E-state index in [4.69, 9.17) is 14.2 Å². The monoisotopic (exact) mass is 495 g/mol. The average Bonchev–Trinajstić information content (AvgIpc) is 2.87. The molecule has 2 aromatic heterocycles. The van der Waals surface area contributed by atoms with Crippen LogP contribution in [0.25, 0.3) is 22.4 Å². The Balaban J connectivity index is 1.64. The van der Waals surface area contributed by atoms with E-state index >= 15 is 0 Å². The standard InChI is InChI=1S/C26H33N5O5/c1-14(2)28-25(32)15-6-8-16(9-7-15)29-20-11-18(35-4)13-27-23(20)24-30-19-10-17(34-3)12-21(36-5)22(19)26(33)31-24/h10-16,29H,6-9H2,1-5H3,(H,28,32)(H,30,31,33).